The van der Waals surface area contributed by atoms with Crippen molar-refractivity contribution >= 4 is 11.3 Å². The minimum absolute atomic E-state index is 0.459. The van der Waals surface area contributed by atoms with Crippen LogP contribution in [0.1, 0.15) is 36.8 Å². The van der Waals surface area contributed by atoms with Crippen LogP contribution in [0.4, 0.5) is 5.69 Å². The number of ether oxygens (including phenoxy) is 1. The largest absolute Gasteiger partial charge is 0.399 e. The Balaban J connectivity index is 1.76. The van der Waals surface area contributed by atoms with E-state index in [0.29, 0.717) is 6.10 Å². The highest BCUT2D eigenvalue weighted by Crippen LogP contribution is 2.34. The Labute approximate surface area is 102 Å². The normalized spacial score (nSPS) is 25.4. The lowest BCUT2D eigenvalue weighted by atomic mass is 10.0. The first-order valence-electron chi connectivity index (χ1n) is 6.52. The minimum Gasteiger partial charge on any atom is -0.399 e. The molecule has 0 amide bonds. The molecule has 2 heteroatoms. The first-order chi connectivity index (χ1) is 8.33. The summed E-state index contributed by atoms with van der Waals surface area (Å²) in [6.07, 6.45) is 8.64. The lowest BCUT2D eigenvalue weighted by Gasteiger charge is -2.07. The summed E-state index contributed by atoms with van der Waals surface area (Å²) in [5.74, 6) is 0. The number of nitrogen functional groups attached to an aromatic ring is 1. The number of aryl methyl sites for hydroxylation is 1. The molecule has 1 fully saturated rings. The van der Waals surface area contributed by atoms with Crippen LogP contribution in [0.5, 0.6) is 0 Å². The van der Waals surface area contributed by atoms with Crippen LogP contribution in [0.25, 0.3) is 5.57 Å². The molecule has 3 rings (SSSR count). The number of allylic oxidation sites excluding steroid dienone is 1. The third kappa shape index (κ3) is 2.22. The highest BCUT2D eigenvalue weighted by molar-refractivity contribution is 5.74. The van der Waals surface area contributed by atoms with E-state index in [1.807, 2.05) is 6.07 Å². The molecule has 1 atom stereocenters. The summed E-state index contributed by atoms with van der Waals surface area (Å²) < 4.78 is 5.66. The monoisotopic (exact) mass is 229 g/mol. The van der Waals surface area contributed by atoms with Gasteiger partial charge in [-0.1, -0.05) is 12.1 Å². The van der Waals surface area contributed by atoms with Gasteiger partial charge in [0.05, 0.1) is 6.10 Å². The number of fused-ring (bicyclic) bond motifs is 1. The molecule has 1 unspecified atom stereocenters. The van der Waals surface area contributed by atoms with E-state index in [4.69, 9.17) is 10.5 Å². The molecule has 0 aromatic heterocycles. The second-order valence-corrected chi connectivity index (χ2v) is 5.02. The fraction of sp³-hybridized carbons (Fsp3) is 0.467. The summed E-state index contributed by atoms with van der Waals surface area (Å²) in [5, 5.41) is 0. The van der Waals surface area contributed by atoms with Crippen molar-refractivity contribution in [3.63, 3.8) is 0 Å². The van der Waals surface area contributed by atoms with Crippen molar-refractivity contribution < 1.29 is 4.74 Å². The molecule has 90 valence electrons. The zero-order valence-corrected chi connectivity index (χ0v) is 10.1. The molecule has 1 aliphatic heterocycles. The molecule has 1 aromatic rings. The molecule has 2 N–H and O–H groups in total. The van der Waals surface area contributed by atoms with Gasteiger partial charge in [-0.15, -0.1) is 0 Å². The fourth-order valence-corrected chi connectivity index (χ4v) is 2.85. The summed E-state index contributed by atoms with van der Waals surface area (Å²) in [5.41, 5.74) is 11.0. The Hall–Kier alpha value is -1.28. The van der Waals surface area contributed by atoms with E-state index >= 15 is 0 Å². The number of rotatable bonds is 2. The van der Waals surface area contributed by atoms with Gasteiger partial charge in [0.25, 0.3) is 0 Å². The second-order valence-electron chi connectivity index (χ2n) is 5.02. The third-order valence-electron chi connectivity index (χ3n) is 3.79. The van der Waals surface area contributed by atoms with Gasteiger partial charge in [-0.2, -0.15) is 0 Å². The van der Waals surface area contributed by atoms with Crippen LogP contribution in [-0.2, 0) is 11.2 Å². The van der Waals surface area contributed by atoms with Gasteiger partial charge in [-0.3, -0.25) is 0 Å². The molecule has 0 spiro atoms. The predicted molar refractivity (Wildman–Crippen MR) is 70.7 cm³/mol. The van der Waals surface area contributed by atoms with E-state index in [0.717, 1.165) is 31.6 Å². The lowest BCUT2D eigenvalue weighted by Crippen LogP contribution is -2.02. The van der Waals surface area contributed by atoms with Crippen molar-refractivity contribution in [2.45, 2.75) is 38.2 Å². The molecule has 17 heavy (non-hydrogen) atoms. The van der Waals surface area contributed by atoms with Gasteiger partial charge in [0.15, 0.2) is 0 Å². The van der Waals surface area contributed by atoms with Crippen LogP contribution in [0.2, 0.25) is 0 Å². The molecule has 1 aliphatic carbocycles. The van der Waals surface area contributed by atoms with Gasteiger partial charge in [0.2, 0.25) is 0 Å². The Morgan fingerprint density at radius 1 is 1.35 bits per heavy atom. The summed E-state index contributed by atoms with van der Waals surface area (Å²) in [6, 6.07) is 6.28. The number of nitrogens with two attached hydrogens (primary N) is 1. The van der Waals surface area contributed by atoms with E-state index in [1.165, 1.54) is 29.5 Å². The maximum Gasteiger partial charge on any atom is 0.0610 e. The highest BCUT2D eigenvalue weighted by atomic mass is 16.5. The van der Waals surface area contributed by atoms with Crippen LogP contribution >= 0.6 is 0 Å². The van der Waals surface area contributed by atoms with E-state index < -0.39 is 0 Å². The quantitative estimate of drug-likeness (QED) is 0.791. The Morgan fingerprint density at radius 3 is 3.12 bits per heavy atom. The molecule has 0 saturated carbocycles. The molecule has 0 radical (unpaired) electrons. The van der Waals surface area contributed by atoms with Crippen LogP contribution < -0.4 is 5.73 Å². The van der Waals surface area contributed by atoms with Crippen LogP contribution in [-0.4, -0.2) is 12.7 Å². The number of anilines is 1. The molecular formula is C15H19NO. The third-order valence-corrected chi connectivity index (χ3v) is 3.79. The van der Waals surface area contributed by atoms with E-state index in [-0.39, 0.29) is 0 Å². The predicted octanol–water partition coefficient (Wildman–Crippen LogP) is 3.17. The Kier molecular flexibility index (Phi) is 2.89. The van der Waals surface area contributed by atoms with Crippen molar-refractivity contribution in [2.24, 2.45) is 0 Å². The second kappa shape index (κ2) is 4.53. The standard InChI is InChI=1S/C15H19NO/c16-13-6-8-15-11(3-4-12(15)10-13)5-7-14-2-1-9-17-14/h5-6,8,10,14H,1-4,7,9,16H2/b11-5+. The Bertz CT molecular complexity index is 444. The maximum atomic E-state index is 5.81. The highest BCUT2D eigenvalue weighted by Gasteiger charge is 2.18. The van der Waals surface area contributed by atoms with Crippen molar-refractivity contribution in [2.75, 3.05) is 12.3 Å². The van der Waals surface area contributed by atoms with Crippen molar-refractivity contribution in [3.8, 4) is 0 Å². The summed E-state index contributed by atoms with van der Waals surface area (Å²) in [6.45, 7) is 0.945. The summed E-state index contributed by atoms with van der Waals surface area (Å²) in [7, 11) is 0. The van der Waals surface area contributed by atoms with Gasteiger partial charge in [-0.05, 0) is 60.9 Å². The maximum absolute atomic E-state index is 5.81. The topological polar surface area (TPSA) is 35.2 Å². The fourth-order valence-electron chi connectivity index (χ4n) is 2.85. The molecule has 0 bridgehead atoms. The summed E-state index contributed by atoms with van der Waals surface area (Å²) in [4.78, 5) is 0. The van der Waals surface area contributed by atoms with Crippen molar-refractivity contribution in [1.29, 1.82) is 0 Å². The van der Waals surface area contributed by atoms with E-state index in [1.54, 1.807) is 0 Å². The lowest BCUT2D eigenvalue weighted by molar-refractivity contribution is 0.113. The molecule has 1 heterocycles. The van der Waals surface area contributed by atoms with E-state index in [9.17, 15) is 0 Å². The SMILES string of the molecule is Nc1ccc2c(c1)CC/C2=C\CC1CCCO1. The van der Waals surface area contributed by atoms with Crippen molar-refractivity contribution in [3.05, 3.63) is 35.4 Å². The number of hydrogen-bond acceptors (Lipinski definition) is 2. The zero-order chi connectivity index (χ0) is 11.7. The van der Waals surface area contributed by atoms with Gasteiger partial charge < -0.3 is 10.5 Å². The van der Waals surface area contributed by atoms with Gasteiger partial charge >= 0.3 is 0 Å². The smallest absolute Gasteiger partial charge is 0.0610 e. The molecule has 2 aliphatic rings. The average molecular weight is 229 g/mol. The van der Waals surface area contributed by atoms with Gasteiger partial charge in [0.1, 0.15) is 0 Å². The van der Waals surface area contributed by atoms with Crippen LogP contribution in [0.3, 0.4) is 0 Å². The first-order valence-corrected chi connectivity index (χ1v) is 6.52. The average Bonchev–Trinajstić information content (AvgIpc) is 2.94. The first kappa shape index (κ1) is 10.8. The van der Waals surface area contributed by atoms with Crippen LogP contribution in [0.15, 0.2) is 24.3 Å². The summed E-state index contributed by atoms with van der Waals surface area (Å²) >= 11 is 0. The van der Waals surface area contributed by atoms with Crippen molar-refractivity contribution in [1.82, 2.24) is 0 Å². The van der Waals surface area contributed by atoms with Gasteiger partial charge in [-0.25, -0.2) is 0 Å². The molecule has 1 saturated heterocycles. The molecule has 2 nitrogen and oxygen atoms in total. The number of benzene rings is 1. The minimum atomic E-state index is 0.459. The molecule has 1 aromatic carbocycles. The van der Waals surface area contributed by atoms with Crippen LogP contribution in [0, 0.1) is 0 Å². The molecular weight excluding hydrogens is 210 g/mol. The Morgan fingerprint density at radius 2 is 2.29 bits per heavy atom. The number of hydrogen-bond donors (Lipinski definition) is 1. The van der Waals surface area contributed by atoms with E-state index in [2.05, 4.69) is 18.2 Å². The van der Waals surface area contributed by atoms with Gasteiger partial charge in [0, 0.05) is 12.3 Å². The zero-order valence-electron chi connectivity index (χ0n) is 10.1.